The Labute approximate surface area is 317 Å². The SMILES string of the molecule is CCC[C@@H](NC(=O)[C@@H]1C2CCCC2CN1C(=O)[C@@H](NC(=O)[C@H](NC(=O)c1cnccn1)C1CCCCC1)C(C)(C)C)C(=O)C(=O)N[C@H](C)c1ccncc1. The second-order valence-electron chi connectivity index (χ2n) is 16.2. The molecule has 0 bridgehead atoms. The number of carbonyl (C=O) groups excluding carboxylic acids is 6. The zero-order valence-electron chi connectivity index (χ0n) is 32.2. The Morgan fingerprint density at radius 3 is 2.22 bits per heavy atom. The van der Waals surface area contributed by atoms with Gasteiger partial charge in [-0.15, -0.1) is 0 Å². The highest BCUT2D eigenvalue weighted by Gasteiger charge is 2.52. The average molecular weight is 745 g/mol. The number of Topliss-reactive ketones (excluding diaryl/α,β-unsaturated/α-hetero) is 1. The number of carbonyl (C=O) groups is 6. The normalized spacial score (nSPS) is 22.2. The molecule has 292 valence electrons. The first-order chi connectivity index (χ1) is 25.8. The molecule has 3 heterocycles. The molecule has 0 aromatic carbocycles. The number of hydrogen-bond acceptors (Lipinski definition) is 9. The summed E-state index contributed by atoms with van der Waals surface area (Å²) in [4.78, 5) is 96.8. The van der Waals surface area contributed by atoms with E-state index >= 15 is 0 Å². The minimum atomic E-state index is -1.07. The van der Waals surface area contributed by atoms with Crippen LogP contribution in [0.3, 0.4) is 0 Å². The molecule has 0 radical (unpaired) electrons. The van der Waals surface area contributed by atoms with E-state index in [9.17, 15) is 28.8 Å². The summed E-state index contributed by atoms with van der Waals surface area (Å²) in [7, 11) is 0. The van der Waals surface area contributed by atoms with Crippen molar-refractivity contribution in [2.75, 3.05) is 6.54 Å². The molecule has 1 saturated heterocycles. The van der Waals surface area contributed by atoms with Gasteiger partial charge < -0.3 is 26.2 Å². The third kappa shape index (κ3) is 9.67. The monoisotopic (exact) mass is 744 g/mol. The van der Waals surface area contributed by atoms with Gasteiger partial charge in [-0.05, 0) is 79.9 Å². The standard InChI is InChI=1S/C40H56N8O6/c1-6-11-29(33(49)38(53)44-24(2)25-16-18-41-19-17-25)45-37(52)32-28-15-10-14-27(28)23-48(32)39(54)34(40(3,4)5)47-36(51)31(26-12-8-7-9-13-26)46-35(50)30-22-42-20-21-43-30/h16-22,24,26-29,31-32,34H,6-15,23H2,1-5H3,(H,44,53)(H,45,52)(H,46,50)(H,47,51)/t24-,27?,28?,29-,31-,32+,34-/m1/s1. The second kappa shape index (κ2) is 18.1. The average Bonchev–Trinajstić information content (AvgIpc) is 3.77. The predicted molar refractivity (Wildman–Crippen MR) is 200 cm³/mol. The van der Waals surface area contributed by atoms with Gasteiger partial charge in [0.15, 0.2) is 0 Å². The van der Waals surface area contributed by atoms with Gasteiger partial charge in [0.05, 0.1) is 18.3 Å². The Kier molecular flexibility index (Phi) is 13.5. The third-order valence-corrected chi connectivity index (χ3v) is 11.3. The molecule has 0 spiro atoms. The molecule has 7 atom stereocenters. The minimum Gasteiger partial charge on any atom is -0.344 e. The molecule has 14 heteroatoms. The van der Waals surface area contributed by atoms with E-state index < -0.39 is 70.9 Å². The van der Waals surface area contributed by atoms with Gasteiger partial charge in [0.1, 0.15) is 23.8 Å². The van der Waals surface area contributed by atoms with E-state index in [2.05, 4.69) is 36.2 Å². The highest BCUT2D eigenvalue weighted by Crippen LogP contribution is 2.43. The predicted octanol–water partition coefficient (Wildman–Crippen LogP) is 3.44. The molecular formula is C40H56N8O6. The number of fused-ring (bicyclic) bond motifs is 1. The Bertz CT molecular complexity index is 1640. The molecule has 1 aliphatic heterocycles. The van der Waals surface area contributed by atoms with Crippen molar-refractivity contribution in [1.29, 1.82) is 0 Å². The maximum Gasteiger partial charge on any atom is 0.290 e. The fourth-order valence-corrected chi connectivity index (χ4v) is 8.39. The van der Waals surface area contributed by atoms with E-state index in [-0.39, 0.29) is 29.9 Å². The maximum atomic E-state index is 14.7. The molecular weight excluding hydrogens is 688 g/mol. The van der Waals surface area contributed by atoms with E-state index in [0.717, 1.165) is 56.9 Å². The number of nitrogens with one attached hydrogen (secondary N) is 4. The van der Waals surface area contributed by atoms with Gasteiger partial charge >= 0.3 is 0 Å². The Hall–Kier alpha value is -4.75. The van der Waals surface area contributed by atoms with E-state index in [4.69, 9.17) is 0 Å². The zero-order valence-corrected chi connectivity index (χ0v) is 32.2. The lowest BCUT2D eigenvalue weighted by Gasteiger charge is -2.38. The minimum absolute atomic E-state index is 0.0899. The Morgan fingerprint density at radius 2 is 1.57 bits per heavy atom. The number of likely N-dealkylation sites (tertiary alicyclic amines) is 1. The van der Waals surface area contributed by atoms with Crippen molar-refractivity contribution in [1.82, 2.24) is 41.1 Å². The Morgan fingerprint density at radius 1 is 0.852 bits per heavy atom. The van der Waals surface area contributed by atoms with Crippen LogP contribution in [-0.2, 0) is 24.0 Å². The summed E-state index contributed by atoms with van der Waals surface area (Å²) in [5, 5.41) is 11.5. The fourth-order valence-electron chi connectivity index (χ4n) is 8.39. The van der Waals surface area contributed by atoms with Gasteiger partial charge in [-0.25, -0.2) is 4.98 Å². The van der Waals surface area contributed by atoms with Gasteiger partial charge in [-0.1, -0.05) is 59.8 Å². The molecule has 4 N–H and O–H groups in total. The van der Waals surface area contributed by atoms with Crippen molar-refractivity contribution in [2.24, 2.45) is 23.2 Å². The summed E-state index contributed by atoms with van der Waals surface area (Å²) >= 11 is 0. The number of rotatable bonds is 14. The highest BCUT2D eigenvalue weighted by molar-refractivity contribution is 6.38. The van der Waals surface area contributed by atoms with Gasteiger partial charge in [0.2, 0.25) is 23.5 Å². The maximum absolute atomic E-state index is 14.7. The van der Waals surface area contributed by atoms with Crippen molar-refractivity contribution in [3.63, 3.8) is 0 Å². The van der Waals surface area contributed by atoms with Crippen LogP contribution in [0.2, 0.25) is 0 Å². The quantitative estimate of drug-likeness (QED) is 0.210. The van der Waals surface area contributed by atoms with Crippen molar-refractivity contribution in [3.8, 4) is 0 Å². The molecule has 14 nitrogen and oxygen atoms in total. The van der Waals surface area contributed by atoms with E-state index in [1.54, 1.807) is 36.4 Å². The largest absolute Gasteiger partial charge is 0.344 e. The summed E-state index contributed by atoms with van der Waals surface area (Å²) in [6, 6.07) is -0.810. The molecule has 5 rings (SSSR count). The van der Waals surface area contributed by atoms with E-state index in [1.807, 2.05) is 27.7 Å². The van der Waals surface area contributed by atoms with Crippen LogP contribution in [0.15, 0.2) is 43.1 Å². The van der Waals surface area contributed by atoms with Crippen LogP contribution in [0.25, 0.3) is 0 Å². The molecule has 3 fully saturated rings. The number of ketones is 1. The molecule has 3 aliphatic rings. The van der Waals surface area contributed by atoms with Gasteiger partial charge in [0, 0.05) is 31.3 Å². The third-order valence-electron chi connectivity index (χ3n) is 11.3. The van der Waals surface area contributed by atoms with Crippen LogP contribution in [-0.4, -0.2) is 85.9 Å². The molecule has 2 saturated carbocycles. The van der Waals surface area contributed by atoms with Gasteiger partial charge in [-0.2, -0.15) is 0 Å². The van der Waals surface area contributed by atoms with Crippen LogP contribution in [0.1, 0.15) is 121 Å². The number of amides is 5. The molecule has 2 unspecified atom stereocenters. The number of pyridine rings is 1. The number of nitrogens with zero attached hydrogens (tertiary/aromatic N) is 4. The lowest BCUT2D eigenvalue weighted by Crippen LogP contribution is -2.62. The highest BCUT2D eigenvalue weighted by atomic mass is 16.2. The summed E-state index contributed by atoms with van der Waals surface area (Å²) in [6.45, 7) is 9.56. The first kappa shape index (κ1) is 40.4. The van der Waals surface area contributed by atoms with Crippen LogP contribution >= 0.6 is 0 Å². The van der Waals surface area contributed by atoms with Crippen molar-refractivity contribution in [3.05, 3.63) is 54.4 Å². The van der Waals surface area contributed by atoms with Gasteiger partial charge in [0.25, 0.3) is 11.8 Å². The lowest BCUT2D eigenvalue weighted by atomic mass is 9.82. The second-order valence-corrected chi connectivity index (χ2v) is 16.2. The fraction of sp³-hybridized carbons (Fsp3) is 0.625. The van der Waals surface area contributed by atoms with Gasteiger partial charge in [-0.3, -0.25) is 38.7 Å². The van der Waals surface area contributed by atoms with Crippen LogP contribution in [0, 0.1) is 23.2 Å². The molecule has 54 heavy (non-hydrogen) atoms. The first-order valence-corrected chi connectivity index (χ1v) is 19.5. The summed E-state index contributed by atoms with van der Waals surface area (Å²) in [6.07, 6.45) is 15.2. The number of aromatic nitrogens is 3. The van der Waals surface area contributed by atoms with Crippen molar-refractivity contribution >= 4 is 35.3 Å². The zero-order chi connectivity index (χ0) is 39.0. The van der Waals surface area contributed by atoms with Crippen LogP contribution in [0.5, 0.6) is 0 Å². The number of hydrogen-bond donors (Lipinski definition) is 4. The summed E-state index contributed by atoms with van der Waals surface area (Å²) in [5.74, 6) is -3.56. The van der Waals surface area contributed by atoms with Crippen molar-refractivity contribution < 1.29 is 28.8 Å². The topological polar surface area (TPSA) is 192 Å². The van der Waals surface area contributed by atoms with E-state index in [0.29, 0.717) is 13.0 Å². The van der Waals surface area contributed by atoms with E-state index in [1.165, 1.54) is 18.6 Å². The summed E-state index contributed by atoms with van der Waals surface area (Å²) < 4.78 is 0. The van der Waals surface area contributed by atoms with Crippen molar-refractivity contribution in [2.45, 2.75) is 129 Å². The van der Waals surface area contributed by atoms with Crippen LogP contribution < -0.4 is 21.3 Å². The molecule has 2 aromatic heterocycles. The van der Waals surface area contributed by atoms with Crippen LogP contribution in [0.4, 0.5) is 0 Å². The Balaban J connectivity index is 1.34. The lowest BCUT2D eigenvalue weighted by molar-refractivity contribution is -0.146. The first-order valence-electron chi connectivity index (χ1n) is 19.5. The molecule has 5 amide bonds. The molecule has 2 aliphatic carbocycles. The summed E-state index contributed by atoms with van der Waals surface area (Å²) in [5.41, 5.74) is 0.114. The molecule has 2 aromatic rings. The smallest absolute Gasteiger partial charge is 0.290 e.